The predicted octanol–water partition coefficient (Wildman–Crippen LogP) is 6.36. The van der Waals surface area contributed by atoms with Gasteiger partial charge in [0, 0.05) is 31.5 Å². The number of alkyl halides is 1. The van der Waals surface area contributed by atoms with Crippen LogP contribution in [0.15, 0.2) is 71.1 Å². The number of allylic oxidation sites excluding steroid dienone is 7. The Labute approximate surface area is 185 Å². The lowest BCUT2D eigenvalue weighted by Crippen LogP contribution is -2.07. The third kappa shape index (κ3) is 6.91. The number of rotatable bonds is 10. The van der Waals surface area contributed by atoms with E-state index in [4.69, 9.17) is 9.72 Å². The van der Waals surface area contributed by atoms with Crippen molar-refractivity contribution in [2.75, 3.05) is 27.4 Å². The van der Waals surface area contributed by atoms with Crippen molar-refractivity contribution in [1.82, 2.24) is 9.88 Å². The van der Waals surface area contributed by atoms with Gasteiger partial charge in [-0.2, -0.15) is 0 Å². The maximum atomic E-state index is 12.2. The monoisotopic (exact) mass is 428 g/mol. The van der Waals surface area contributed by atoms with E-state index < -0.39 is 0 Å². The van der Waals surface area contributed by atoms with Crippen molar-refractivity contribution >= 4 is 17.3 Å². The van der Waals surface area contributed by atoms with Gasteiger partial charge >= 0.3 is 0 Å². The maximum Gasteiger partial charge on any atom is 0.115 e. The molecule has 0 aliphatic carbocycles. The quantitative estimate of drug-likeness (QED) is 0.246. The number of hydrogen-bond acceptors (Lipinski definition) is 4. The Kier molecular flexibility index (Phi) is 9.44. The molecule has 0 N–H and O–H groups in total. The maximum absolute atomic E-state index is 12.2. The highest BCUT2D eigenvalue weighted by Gasteiger charge is 2.25. The molecule has 1 aromatic rings. The zero-order valence-electron chi connectivity index (χ0n) is 18.7. The van der Waals surface area contributed by atoms with Crippen LogP contribution in [-0.4, -0.2) is 42.5 Å². The van der Waals surface area contributed by atoms with Crippen molar-refractivity contribution in [3.05, 3.63) is 77.4 Å². The van der Waals surface area contributed by atoms with Crippen LogP contribution in [-0.2, 0) is 11.2 Å². The smallest absolute Gasteiger partial charge is 0.115 e. The summed E-state index contributed by atoms with van der Waals surface area (Å²) in [6, 6.07) is 4.28. The van der Waals surface area contributed by atoms with Gasteiger partial charge in [0.05, 0.1) is 19.0 Å². The average molecular weight is 429 g/mol. The summed E-state index contributed by atoms with van der Waals surface area (Å²) in [7, 11) is 4.08. The largest absolute Gasteiger partial charge is 0.494 e. The van der Waals surface area contributed by atoms with Crippen molar-refractivity contribution < 1.29 is 9.13 Å². The highest BCUT2D eigenvalue weighted by atomic mass is 32.2. The van der Waals surface area contributed by atoms with Crippen molar-refractivity contribution in [3.8, 4) is 0 Å². The molecule has 0 spiro atoms. The lowest BCUT2D eigenvalue weighted by Gasteiger charge is -2.11. The number of hydrogen-bond donors (Lipinski definition) is 0. The standard InChI is InChI=1S/C25H33FN2OS/c1-7-22(29-16-8-15-26)13-10-19(3)24-17-21-12-14-23(27-25(21)30-24)18(2)9-11-20(4)28(5)6/h7,9-14,24H,3,8,15-17H2,1-2,4-6H3/b13-10-,18-9+,20-11+,22-7+/t24-/m0/s1. The van der Waals surface area contributed by atoms with E-state index in [1.54, 1.807) is 11.8 Å². The van der Waals surface area contributed by atoms with Gasteiger partial charge in [-0.25, -0.2) is 4.98 Å². The SMILES string of the molecule is C=C(/C=C\C(=C/C)OCCCF)[C@@H]1Cc2ccc(/C(C)=C/C=C(\C)N(C)C)nc2S1. The second-order valence-corrected chi connectivity index (χ2v) is 8.71. The number of fused-ring (bicyclic) bond motifs is 1. The minimum absolute atomic E-state index is 0.267. The van der Waals surface area contributed by atoms with E-state index in [1.807, 2.05) is 39.2 Å². The van der Waals surface area contributed by atoms with Crippen LogP contribution in [0.3, 0.4) is 0 Å². The minimum Gasteiger partial charge on any atom is -0.494 e. The first-order valence-corrected chi connectivity index (χ1v) is 11.1. The van der Waals surface area contributed by atoms with Crippen LogP contribution in [0.25, 0.3) is 5.57 Å². The van der Waals surface area contributed by atoms with E-state index in [0.717, 1.165) is 34.0 Å². The first kappa shape index (κ1) is 24.0. The zero-order chi connectivity index (χ0) is 22.1. The van der Waals surface area contributed by atoms with Crippen molar-refractivity contribution in [2.45, 2.75) is 43.9 Å². The molecule has 0 aromatic carbocycles. The number of nitrogens with zero attached hydrogens (tertiary/aromatic N) is 2. The van der Waals surface area contributed by atoms with Crippen LogP contribution in [0.5, 0.6) is 0 Å². The fourth-order valence-electron chi connectivity index (χ4n) is 2.78. The van der Waals surface area contributed by atoms with E-state index in [9.17, 15) is 4.39 Å². The molecule has 1 aliphatic rings. The predicted molar refractivity (Wildman–Crippen MR) is 127 cm³/mol. The number of aromatic nitrogens is 1. The first-order chi connectivity index (χ1) is 14.3. The van der Waals surface area contributed by atoms with Gasteiger partial charge in [0.25, 0.3) is 0 Å². The molecule has 2 rings (SSSR count). The van der Waals surface area contributed by atoms with Gasteiger partial charge in [-0.1, -0.05) is 36.6 Å². The fourth-order valence-corrected chi connectivity index (χ4v) is 3.99. The number of pyridine rings is 1. The summed E-state index contributed by atoms with van der Waals surface area (Å²) in [6.07, 6.45) is 11.4. The molecule has 162 valence electrons. The molecule has 1 aliphatic heterocycles. The van der Waals surface area contributed by atoms with Crippen molar-refractivity contribution in [3.63, 3.8) is 0 Å². The minimum atomic E-state index is -0.362. The van der Waals surface area contributed by atoms with Gasteiger partial charge in [0.15, 0.2) is 0 Å². The Bertz CT molecular complexity index is 868. The molecule has 0 amide bonds. The van der Waals surface area contributed by atoms with E-state index in [-0.39, 0.29) is 11.9 Å². The second kappa shape index (κ2) is 11.8. The lowest BCUT2D eigenvalue weighted by molar-refractivity contribution is 0.209. The third-order valence-electron chi connectivity index (χ3n) is 4.99. The molecule has 0 bridgehead atoms. The lowest BCUT2D eigenvalue weighted by atomic mass is 10.1. The molecule has 0 saturated carbocycles. The number of ether oxygens (including phenoxy) is 1. The molecular formula is C25H33FN2OS. The van der Waals surface area contributed by atoms with Crippen molar-refractivity contribution in [2.24, 2.45) is 0 Å². The van der Waals surface area contributed by atoms with Crippen LogP contribution >= 0.6 is 11.8 Å². The van der Waals surface area contributed by atoms with Gasteiger partial charge in [0.2, 0.25) is 0 Å². The molecule has 5 heteroatoms. The summed E-state index contributed by atoms with van der Waals surface area (Å²) >= 11 is 1.76. The summed E-state index contributed by atoms with van der Waals surface area (Å²) in [5.41, 5.74) is 5.64. The summed E-state index contributed by atoms with van der Waals surface area (Å²) in [6.45, 7) is 10.4. The topological polar surface area (TPSA) is 25.4 Å². The van der Waals surface area contributed by atoms with Gasteiger partial charge in [-0.05, 0) is 68.2 Å². The molecule has 30 heavy (non-hydrogen) atoms. The summed E-state index contributed by atoms with van der Waals surface area (Å²) in [4.78, 5) is 6.97. The first-order valence-electron chi connectivity index (χ1n) is 10.3. The highest BCUT2D eigenvalue weighted by molar-refractivity contribution is 8.00. The summed E-state index contributed by atoms with van der Waals surface area (Å²) in [5.74, 6) is 0.743. The third-order valence-corrected chi connectivity index (χ3v) is 6.32. The molecule has 1 atom stereocenters. The fraction of sp³-hybridized carbons (Fsp3) is 0.400. The molecule has 0 saturated heterocycles. The Morgan fingerprint density at radius 2 is 2.07 bits per heavy atom. The molecule has 2 heterocycles. The van der Waals surface area contributed by atoms with Crippen LogP contribution < -0.4 is 0 Å². The highest BCUT2D eigenvalue weighted by Crippen LogP contribution is 2.39. The normalized spacial score (nSPS) is 17.4. The Hall–Kier alpha value is -2.27. The van der Waals surface area contributed by atoms with Gasteiger partial charge < -0.3 is 9.64 Å². The number of thioether (sulfide) groups is 1. The molecule has 0 fully saturated rings. The molecule has 0 unspecified atom stereocenters. The van der Waals surface area contributed by atoms with Crippen LogP contribution in [0, 0.1) is 0 Å². The molecular weight excluding hydrogens is 395 g/mol. The summed E-state index contributed by atoms with van der Waals surface area (Å²) in [5, 5.41) is 1.35. The van der Waals surface area contributed by atoms with Gasteiger partial charge in [0.1, 0.15) is 10.8 Å². The van der Waals surface area contributed by atoms with E-state index in [0.29, 0.717) is 13.0 Å². The number of halogens is 1. The Morgan fingerprint density at radius 1 is 1.30 bits per heavy atom. The van der Waals surface area contributed by atoms with Gasteiger partial charge in [-0.3, -0.25) is 4.39 Å². The Balaban J connectivity index is 2.03. The molecule has 3 nitrogen and oxygen atoms in total. The van der Waals surface area contributed by atoms with E-state index in [2.05, 4.69) is 49.6 Å². The second-order valence-electron chi connectivity index (χ2n) is 7.51. The summed E-state index contributed by atoms with van der Waals surface area (Å²) < 4.78 is 17.8. The van der Waals surface area contributed by atoms with E-state index in [1.165, 1.54) is 11.3 Å². The molecule has 1 aromatic heterocycles. The van der Waals surface area contributed by atoms with Crippen molar-refractivity contribution in [1.29, 1.82) is 0 Å². The van der Waals surface area contributed by atoms with Crippen LogP contribution in [0.2, 0.25) is 0 Å². The van der Waals surface area contributed by atoms with Crippen LogP contribution in [0.1, 0.15) is 38.4 Å². The average Bonchev–Trinajstić information content (AvgIpc) is 3.17. The van der Waals surface area contributed by atoms with E-state index >= 15 is 0 Å². The zero-order valence-corrected chi connectivity index (χ0v) is 19.6. The van der Waals surface area contributed by atoms with Crippen LogP contribution in [0.4, 0.5) is 4.39 Å². The Morgan fingerprint density at radius 3 is 2.73 bits per heavy atom. The van der Waals surface area contributed by atoms with Gasteiger partial charge in [-0.15, -0.1) is 0 Å². The molecule has 0 radical (unpaired) electrons.